The van der Waals surface area contributed by atoms with Crippen LogP contribution in [0.1, 0.15) is 53.9 Å². The number of thiol groups is 1. The van der Waals surface area contributed by atoms with Crippen molar-refractivity contribution in [3.05, 3.63) is 0 Å². The minimum Gasteiger partial charge on any atom is -0.176 e. The SMILES string of the molecule is CC.CCCC(C)CC(C)S. The van der Waals surface area contributed by atoms with E-state index in [1.54, 1.807) is 0 Å². The van der Waals surface area contributed by atoms with Crippen molar-refractivity contribution in [3.8, 4) is 0 Å². The molecule has 0 radical (unpaired) electrons. The third kappa shape index (κ3) is 13.4. The van der Waals surface area contributed by atoms with Gasteiger partial charge in [0.25, 0.3) is 0 Å². The van der Waals surface area contributed by atoms with Crippen LogP contribution in [0, 0.1) is 5.92 Å². The molecule has 0 aromatic carbocycles. The van der Waals surface area contributed by atoms with Gasteiger partial charge in [-0.25, -0.2) is 0 Å². The molecule has 0 nitrogen and oxygen atoms in total. The van der Waals surface area contributed by atoms with Gasteiger partial charge in [-0.1, -0.05) is 47.5 Å². The molecule has 70 valence electrons. The second-order valence-electron chi connectivity index (χ2n) is 2.98. The third-order valence-electron chi connectivity index (χ3n) is 1.52. The van der Waals surface area contributed by atoms with E-state index in [1.165, 1.54) is 19.3 Å². The van der Waals surface area contributed by atoms with Gasteiger partial charge in [0.2, 0.25) is 0 Å². The zero-order valence-corrected chi connectivity index (χ0v) is 9.62. The van der Waals surface area contributed by atoms with E-state index in [-0.39, 0.29) is 0 Å². The molecule has 0 amide bonds. The number of hydrogen-bond acceptors (Lipinski definition) is 1. The van der Waals surface area contributed by atoms with Gasteiger partial charge in [0.15, 0.2) is 0 Å². The third-order valence-corrected chi connectivity index (χ3v) is 1.74. The van der Waals surface area contributed by atoms with Gasteiger partial charge in [0, 0.05) is 0 Å². The molecule has 2 unspecified atom stereocenters. The van der Waals surface area contributed by atoms with E-state index in [0.29, 0.717) is 5.25 Å². The van der Waals surface area contributed by atoms with E-state index in [1.807, 2.05) is 13.8 Å². The van der Waals surface area contributed by atoms with Gasteiger partial charge in [-0.05, 0) is 17.6 Å². The highest BCUT2D eigenvalue weighted by molar-refractivity contribution is 7.80. The van der Waals surface area contributed by atoms with Gasteiger partial charge in [-0.2, -0.15) is 12.6 Å². The Balaban J connectivity index is 0. The van der Waals surface area contributed by atoms with E-state index in [4.69, 9.17) is 0 Å². The van der Waals surface area contributed by atoms with Gasteiger partial charge < -0.3 is 0 Å². The average Bonchev–Trinajstić information content (AvgIpc) is 1.91. The quantitative estimate of drug-likeness (QED) is 0.611. The summed E-state index contributed by atoms with van der Waals surface area (Å²) in [4.78, 5) is 0. The molecule has 0 aromatic heterocycles. The van der Waals surface area contributed by atoms with Crippen molar-refractivity contribution < 1.29 is 0 Å². The fourth-order valence-electron chi connectivity index (χ4n) is 1.19. The van der Waals surface area contributed by atoms with Crippen molar-refractivity contribution in [2.45, 2.75) is 59.1 Å². The maximum Gasteiger partial charge on any atom is -0.000905 e. The zero-order chi connectivity index (χ0) is 9.28. The molecule has 0 aliphatic rings. The molecule has 0 fully saturated rings. The van der Waals surface area contributed by atoms with Crippen LogP contribution < -0.4 is 0 Å². The van der Waals surface area contributed by atoms with Crippen LogP contribution in [0.5, 0.6) is 0 Å². The molecule has 0 bridgehead atoms. The number of hydrogen-bond donors (Lipinski definition) is 1. The topological polar surface area (TPSA) is 0 Å². The summed E-state index contributed by atoms with van der Waals surface area (Å²) in [6.45, 7) is 10.7. The lowest BCUT2D eigenvalue weighted by Gasteiger charge is -2.10. The van der Waals surface area contributed by atoms with Gasteiger partial charge >= 0.3 is 0 Å². The first-order valence-corrected chi connectivity index (χ1v) is 5.36. The highest BCUT2D eigenvalue weighted by Crippen LogP contribution is 2.14. The molecule has 0 aliphatic heterocycles. The summed E-state index contributed by atoms with van der Waals surface area (Å²) < 4.78 is 0. The Kier molecular flexibility index (Phi) is 13.1. The normalized spacial score (nSPS) is 14.7. The smallest absolute Gasteiger partial charge is 0.000905 e. The molecule has 0 saturated carbocycles. The van der Waals surface area contributed by atoms with Gasteiger partial charge in [-0.15, -0.1) is 0 Å². The lowest BCUT2D eigenvalue weighted by molar-refractivity contribution is 0.487. The Morgan fingerprint density at radius 1 is 1.18 bits per heavy atom. The molecule has 0 aliphatic carbocycles. The lowest BCUT2D eigenvalue weighted by atomic mass is 10.0. The Hall–Kier alpha value is 0.350. The molecule has 0 aromatic rings. The van der Waals surface area contributed by atoms with Crippen molar-refractivity contribution in [1.29, 1.82) is 0 Å². The van der Waals surface area contributed by atoms with Gasteiger partial charge in [-0.3, -0.25) is 0 Å². The van der Waals surface area contributed by atoms with Crippen LogP contribution in [0.4, 0.5) is 0 Å². The van der Waals surface area contributed by atoms with Crippen molar-refractivity contribution >= 4 is 12.6 Å². The second kappa shape index (κ2) is 10.3. The lowest BCUT2D eigenvalue weighted by Crippen LogP contribution is -2.01. The molecule has 2 atom stereocenters. The molecular weight excluding hydrogens is 152 g/mol. The molecule has 0 saturated heterocycles. The van der Waals surface area contributed by atoms with E-state index in [0.717, 1.165) is 5.92 Å². The first-order chi connectivity index (χ1) is 5.16. The summed E-state index contributed by atoms with van der Waals surface area (Å²) >= 11 is 4.33. The fourth-order valence-corrected chi connectivity index (χ4v) is 1.55. The predicted molar refractivity (Wildman–Crippen MR) is 58.5 cm³/mol. The Labute approximate surface area is 78.2 Å². The van der Waals surface area contributed by atoms with Crippen LogP contribution in [0.3, 0.4) is 0 Å². The van der Waals surface area contributed by atoms with Crippen LogP contribution in [0.25, 0.3) is 0 Å². The number of rotatable bonds is 4. The van der Waals surface area contributed by atoms with E-state index < -0.39 is 0 Å². The standard InChI is InChI=1S/C8H18S.C2H6/c1-4-5-7(2)6-8(3)9;1-2/h7-9H,4-6H2,1-3H3;1-2H3. The minimum atomic E-state index is 0.576. The van der Waals surface area contributed by atoms with Crippen molar-refractivity contribution in [1.82, 2.24) is 0 Å². The highest BCUT2D eigenvalue weighted by atomic mass is 32.1. The summed E-state index contributed by atoms with van der Waals surface area (Å²) in [6, 6.07) is 0. The summed E-state index contributed by atoms with van der Waals surface area (Å²) in [7, 11) is 0. The Morgan fingerprint density at radius 3 is 1.91 bits per heavy atom. The van der Waals surface area contributed by atoms with Gasteiger partial charge in [0.05, 0.1) is 0 Å². The average molecular weight is 176 g/mol. The van der Waals surface area contributed by atoms with Crippen molar-refractivity contribution in [2.75, 3.05) is 0 Å². The van der Waals surface area contributed by atoms with Crippen LogP contribution in [0.2, 0.25) is 0 Å². The van der Waals surface area contributed by atoms with E-state index in [9.17, 15) is 0 Å². The predicted octanol–water partition coefficient (Wildman–Crippen LogP) is 4.16. The molecule has 0 rings (SSSR count). The first-order valence-electron chi connectivity index (χ1n) is 4.84. The molecular formula is C10H24S. The van der Waals surface area contributed by atoms with Crippen molar-refractivity contribution in [3.63, 3.8) is 0 Å². The monoisotopic (exact) mass is 176 g/mol. The van der Waals surface area contributed by atoms with Crippen molar-refractivity contribution in [2.24, 2.45) is 5.92 Å². The highest BCUT2D eigenvalue weighted by Gasteiger charge is 2.02. The molecule has 11 heavy (non-hydrogen) atoms. The summed E-state index contributed by atoms with van der Waals surface area (Å²) in [5.74, 6) is 0.863. The fraction of sp³-hybridized carbons (Fsp3) is 1.00. The summed E-state index contributed by atoms with van der Waals surface area (Å²) in [5, 5.41) is 0.576. The second-order valence-corrected chi connectivity index (χ2v) is 3.86. The van der Waals surface area contributed by atoms with Crippen LogP contribution in [-0.4, -0.2) is 5.25 Å². The van der Waals surface area contributed by atoms with Gasteiger partial charge in [0.1, 0.15) is 0 Å². The largest absolute Gasteiger partial charge is 0.176 e. The van der Waals surface area contributed by atoms with Crippen LogP contribution >= 0.6 is 12.6 Å². The molecule has 0 N–H and O–H groups in total. The first kappa shape index (κ1) is 13.9. The Morgan fingerprint density at radius 2 is 1.64 bits per heavy atom. The maximum atomic E-state index is 4.33. The van der Waals surface area contributed by atoms with Crippen LogP contribution in [0.15, 0.2) is 0 Å². The molecule has 0 heterocycles. The minimum absolute atomic E-state index is 0.576. The van der Waals surface area contributed by atoms with Crippen LogP contribution in [-0.2, 0) is 0 Å². The Bertz CT molecular complexity index is 59.9. The van der Waals surface area contributed by atoms with E-state index >= 15 is 0 Å². The molecule has 0 spiro atoms. The zero-order valence-electron chi connectivity index (χ0n) is 8.72. The van der Waals surface area contributed by atoms with E-state index in [2.05, 4.69) is 33.4 Å². The molecule has 1 heteroatoms. The maximum absolute atomic E-state index is 4.33. The summed E-state index contributed by atoms with van der Waals surface area (Å²) in [6.07, 6.45) is 3.92. The summed E-state index contributed by atoms with van der Waals surface area (Å²) in [5.41, 5.74) is 0.